The summed E-state index contributed by atoms with van der Waals surface area (Å²) >= 11 is 6.09. The van der Waals surface area contributed by atoms with Gasteiger partial charge < -0.3 is 20.5 Å². The summed E-state index contributed by atoms with van der Waals surface area (Å²) in [5.74, 6) is 0.587. The Kier molecular flexibility index (Phi) is 7.32. The summed E-state index contributed by atoms with van der Waals surface area (Å²) in [6, 6.07) is 4.76. The second-order valence-electron chi connectivity index (χ2n) is 5.04. The number of carbonyl (C=O) groups is 1. The van der Waals surface area contributed by atoms with Crippen LogP contribution >= 0.6 is 11.6 Å². The highest BCUT2D eigenvalue weighted by Crippen LogP contribution is 2.28. The number of nitrogens with one attached hydrogen (secondary N) is 2. The second kappa shape index (κ2) is 8.74. The number of amides is 2. The molecule has 0 fully saturated rings. The summed E-state index contributed by atoms with van der Waals surface area (Å²) in [6.45, 7) is 6.15. The van der Waals surface area contributed by atoms with Crippen molar-refractivity contribution in [3.8, 4) is 5.75 Å². The number of hydrogen-bond acceptors (Lipinski definition) is 3. The second-order valence-corrected chi connectivity index (χ2v) is 5.45. The Hall–Kier alpha value is -1.46. The van der Waals surface area contributed by atoms with Crippen LogP contribution in [0.2, 0.25) is 5.02 Å². The van der Waals surface area contributed by atoms with Gasteiger partial charge in [0.1, 0.15) is 5.75 Å². The molecular formula is C15H23ClN2O3. The van der Waals surface area contributed by atoms with Gasteiger partial charge >= 0.3 is 6.03 Å². The zero-order valence-electron chi connectivity index (χ0n) is 12.6. The molecule has 1 aromatic carbocycles. The minimum atomic E-state index is -0.382. The lowest BCUT2D eigenvalue weighted by Crippen LogP contribution is -2.31. The predicted octanol–water partition coefficient (Wildman–Crippen LogP) is 3.41. The number of rotatable bonds is 7. The van der Waals surface area contributed by atoms with Gasteiger partial charge in [-0.3, -0.25) is 0 Å². The number of carbonyl (C=O) groups excluding carboxylic acids is 1. The molecule has 21 heavy (non-hydrogen) atoms. The van der Waals surface area contributed by atoms with Gasteiger partial charge in [-0.05, 0) is 44.9 Å². The van der Waals surface area contributed by atoms with Crippen molar-refractivity contribution in [2.45, 2.75) is 45.8 Å². The van der Waals surface area contributed by atoms with E-state index >= 15 is 0 Å². The van der Waals surface area contributed by atoms with Crippen molar-refractivity contribution >= 4 is 23.3 Å². The number of aliphatic hydroxyl groups excluding tert-OH is 1. The van der Waals surface area contributed by atoms with Crippen LogP contribution in [0.3, 0.4) is 0 Å². The van der Waals surface area contributed by atoms with Gasteiger partial charge in [-0.15, -0.1) is 0 Å². The van der Waals surface area contributed by atoms with Crippen LogP contribution in [0.5, 0.6) is 5.75 Å². The van der Waals surface area contributed by atoms with E-state index in [0.717, 1.165) is 0 Å². The maximum atomic E-state index is 11.7. The molecule has 1 atom stereocenters. The first-order valence-corrected chi connectivity index (χ1v) is 7.49. The molecule has 1 rings (SSSR count). The van der Waals surface area contributed by atoms with Crippen molar-refractivity contribution in [1.29, 1.82) is 0 Å². The van der Waals surface area contributed by atoms with Gasteiger partial charge in [-0.25, -0.2) is 4.79 Å². The molecule has 1 aromatic rings. The molecule has 0 aromatic heterocycles. The summed E-state index contributed by atoms with van der Waals surface area (Å²) < 4.78 is 5.52. The molecule has 5 nitrogen and oxygen atoms in total. The standard InChI is InChI=1S/C15H23ClN2O3/c1-4-12(19)7-8-17-15(20)18-11-5-6-14(13(16)9-11)21-10(2)3/h5-6,9-10,12,19H,4,7-8H2,1-3H3,(H2,17,18,20). The molecule has 0 aliphatic carbocycles. The van der Waals surface area contributed by atoms with E-state index in [4.69, 9.17) is 16.3 Å². The zero-order chi connectivity index (χ0) is 15.8. The van der Waals surface area contributed by atoms with Gasteiger partial charge in [0.25, 0.3) is 0 Å². The Balaban J connectivity index is 2.47. The van der Waals surface area contributed by atoms with Crippen molar-refractivity contribution in [1.82, 2.24) is 5.32 Å². The molecule has 3 N–H and O–H groups in total. The van der Waals surface area contributed by atoms with Gasteiger partial charge in [0.2, 0.25) is 0 Å². The van der Waals surface area contributed by atoms with E-state index in [9.17, 15) is 9.90 Å². The highest BCUT2D eigenvalue weighted by molar-refractivity contribution is 6.32. The van der Waals surface area contributed by atoms with Crippen LogP contribution in [0.15, 0.2) is 18.2 Å². The number of hydrogen-bond donors (Lipinski definition) is 3. The van der Waals surface area contributed by atoms with Crippen LogP contribution in [-0.2, 0) is 0 Å². The lowest BCUT2D eigenvalue weighted by atomic mass is 10.2. The largest absolute Gasteiger partial charge is 0.489 e. The van der Waals surface area contributed by atoms with Crippen LogP contribution < -0.4 is 15.4 Å². The van der Waals surface area contributed by atoms with E-state index in [1.54, 1.807) is 18.2 Å². The van der Waals surface area contributed by atoms with Gasteiger partial charge in [0.05, 0.1) is 17.2 Å². The fourth-order valence-electron chi connectivity index (χ4n) is 1.66. The highest BCUT2D eigenvalue weighted by atomic mass is 35.5. The van der Waals surface area contributed by atoms with Crippen LogP contribution in [0.4, 0.5) is 10.5 Å². The summed E-state index contributed by atoms with van der Waals surface area (Å²) in [5, 5.41) is 15.2. The lowest BCUT2D eigenvalue weighted by molar-refractivity contribution is 0.160. The van der Waals surface area contributed by atoms with Gasteiger partial charge in [-0.1, -0.05) is 18.5 Å². The monoisotopic (exact) mass is 314 g/mol. The Morgan fingerprint density at radius 3 is 2.71 bits per heavy atom. The molecule has 118 valence electrons. The Bertz CT molecular complexity index is 466. The van der Waals surface area contributed by atoms with E-state index in [1.165, 1.54) is 0 Å². The number of halogens is 1. The van der Waals surface area contributed by atoms with E-state index in [2.05, 4.69) is 10.6 Å². The van der Waals surface area contributed by atoms with E-state index in [0.29, 0.717) is 35.8 Å². The molecule has 6 heteroatoms. The first-order valence-electron chi connectivity index (χ1n) is 7.11. The summed E-state index contributed by atoms with van der Waals surface area (Å²) in [6.07, 6.45) is 0.865. The summed E-state index contributed by atoms with van der Waals surface area (Å²) in [5.41, 5.74) is 0.588. The molecule has 0 aliphatic rings. The number of anilines is 1. The minimum Gasteiger partial charge on any atom is -0.489 e. The number of urea groups is 1. The van der Waals surface area contributed by atoms with Crippen LogP contribution in [0.25, 0.3) is 0 Å². The van der Waals surface area contributed by atoms with E-state index in [1.807, 2.05) is 20.8 Å². The Morgan fingerprint density at radius 1 is 1.43 bits per heavy atom. The number of aliphatic hydroxyl groups is 1. The summed E-state index contributed by atoms with van der Waals surface area (Å²) in [4.78, 5) is 11.7. The Morgan fingerprint density at radius 2 is 2.14 bits per heavy atom. The first-order chi connectivity index (χ1) is 9.92. The van der Waals surface area contributed by atoms with Crippen molar-refractivity contribution in [3.05, 3.63) is 23.2 Å². The molecule has 0 saturated carbocycles. The van der Waals surface area contributed by atoms with Crippen molar-refractivity contribution < 1.29 is 14.6 Å². The fraction of sp³-hybridized carbons (Fsp3) is 0.533. The molecule has 0 saturated heterocycles. The molecule has 0 radical (unpaired) electrons. The summed E-state index contributed by atoms with van der Waals surface area (Å²) in [7, 11) is 0. The van der Waals surface area contributed by atoms with Crippen LogP contribution in [0, 0.1) is 0 Å². The van der Waals surface area contributed by atoms with E-state index < -0.39 is 0 Å². The van der Waals surface area contributed by atoms with Gasteiger partial charge in [0, 0.05) is 12.2 Å². The third kappa shape index (κ3) is 6.69. The quantitative estimate of drug-likeness (QED) is 0.722. The molecule has 0 heterocycles. The maximum absolute atomic E-state index is 11.7. The first kappa shape index (κ1) is 17.6. The lowest BCUT2D eigenvalue weighted by Gasteiger charge is -2.13. The fourth-order valence-corrected chi connectivity index (χ4v) is 1.88. The Labute approximate surface area is 130 Å². The van der Waals surface area contributed by atoms with Crippen molar-refractivity contribution in [3.63, 3.8) is 0 Å². The third-order valence-corrected chi connectivity index (χ3v) is 3.08. The highest BCUT2D eigenvalue weighted by Gasteiger charge is 2.08. The number of ether oxygens (including phenoxy) is 1. The number of benzene rings is 1. The van der Waals surface area contributed by atoms with Crippen molar-refractivity contribution in [2.24, 2.45) is 0 Å². The van der Waals surface area contributed by atoms with Gasteiger partial charge in [0.15, 0.2) is 0 Å². The van der Waals surface area contributed by atoms with Crippen LogP contribution in [0.1, 0.15) is 33.6 Å². The van der Waals surface area contributed by atoms with E-state index in [-0.39, 0.29) is 18.2 Å². The van der Waals surface area contributed by atoms with Gasteiger partial charge in [-0.2, -0.15) is 0 Å². The van der Waals surface area contributed by atoms with Crippen molar-refractivity contribution in [2.75, 3.05) is 11.9 Å². The molecular weight excluding hydrogens is 292 g/mol. The van der Waals surface area contributed by atoms with Crippen LogP contribution in [-0.4, -0.2) is 29.9 Å². The minimum absolute atomic E-state index is 0.0367. The smallest absolute Gasteiger partial charge is 0.319 e. The maximum Gasteiger partial charge on any atom is 0.319 e. The molecule has 0 aliphatic heterocycles. The topological polar surface area (TPSA) is 70.6 Å². The SMILES string of the molecule is CCC(O)CCNC(=O)Nc1ccc(OC(C)C)c(Cl)c1. The molecule has 0 bridgehead atoms. The molecule has 0 spiro atoms. The zero-order valence-corrected chi connectivity index (χ0v) is 13.4. The third-order valence-electron chi connectivity index (χ3n) is 2.79. The molecule has 2 amide bonds. The average Bonchev–Trinajstić information content (AvgIpc) is 2.41. The average molecular weight is 315 g/mol. The predicted molar refractivity (Wildman–Crippen MR) is 85.2 cm³/mol. The molecule has 1 unspecified atom stereocenters. The normalized spacial score (nSPS) is 12.1.